The van der Waals surface area contributed by atoms with Gasteiger partial charge in [-0.05, 0) is 53.1 Å². The highest BCUT2D eigenvalue weighted by atomic mass is 14.4. The summed E-state index contributed by atoms with van der Waals surface area (Å²) in [5.74, 6) is 0. The minimum atomic E-state index is -0.293. The van der Waals surface area contributed by atoms with Crippen LogP contribution in [-0.4, -0.2) is 0 Å². The van der Waals surface area contributed by atoms with E-state index in [9.17, 15) is 0 Å². The molecule has 4 aromatic carbocycles. The Labute approximate surface area is 167 Å². The molecule has 0 N–H and O–H groups in total. The largest absolute Gasteiger partial charge is 0.0706 e. The van der Waals surface area contributed by atoms with E-state index < -0.39 is 0 Å². The minimum absolute atomic E-state index is 0.293. The number of fused-ring (bicyclic) bond motifs is 2. The van der Waals surface area contributed by atoms with E-state index in [1.54, 1.807) is 0 Å². The van der Waals surface area contributed by atoms with Crippen molar-refractivity contribution in [1.29, 1.82) is 0 Å². The van der Waals surface area contributed by atoms with Crippen molar-refractivity contribution in [3.05, 3.63) is 142 Å². The maximum absolute atomic E-state index is 2.34. The van der Waals surface area contributed by atoms with E-state index in [0.29, 0.717) is 0 Å². The lowest BCUT2D eigenvalue weighted by Crippen LogP contribution is -2.32. The van der Waals surface area contributed by atoms with Crippen LogP contribution in [0.5, 0.6) is 0 Å². The molecule has 5 rings (SSSR count). The molecule has 0 aliphatic heterocycles. The Hall–Kier alpha value is -3.12. The quantitative estimate of drug-likeness (QED) is 0.384. The molecule has 1 aliphatic carbocycles. The molecule has 0 fully saturated rings. The molecule has 0 nitrogen and oxygen atoms in total. The van der Waals surface area contributed by atoms with Crippen LogP contribution in [0.15, 0.2) is 103 Å². The molecule has 0 bridgehead atoms. The molecule has 0 atom stereocenters. The van der Waals surface area contributed by atoms with Gasteiger partial charge in [-0.15, -0.1) is 0 Å². The van der Waals surface area contributed by atoms with Gasteiger partial charge in [0.25, 0.3) is 0 Å². The van der Waals surface area contributed by atoms with Crippen LogP contribution in [0.1, 0.15) is 38.9 Å². The summed E-state index contributed by atoms with van der Waals surface area (Å²) >= 11 is 0. The Morgan fingerprint density at radius 2 is 0.964 bits per heavy atom. The van der Waals surface area contributed by atoms with Gasteiger partial charge in [0, 0.05) is 0 Å². The first kappa shape index (κ1) is 17.0. The lowest BCUT2D eigenvalue weighted by Gasteiger charge is -2.38. The molecule has 136 valence electrons. The predicted molar refractivity (Wildman–Crippen MR) is 117 cm³/mol. The van der Waals surface area contributed by atoms with E-state index in [1.807, 2.05) is 0 Å². The van der Waals surface area contributed by atoms with Crippen LogP contribution in [-0.2, 0) is 18.3 Å². The van der Waals surface area contributed by atoms with E-state index in [0.717, 1.165) is 12.8 Å². The third-order valence-electron chi connectivity index (χ3n) is 6.20. The van der Waals surface area contributed by atoms with E-state index in [2.05, 4.69) is 110 Å². The third kappa shape index (κ3) is 2.52. The summed E-state index contributed by atoms with van der Waals surface area (Å²) < 4.78 is 0. The maximum Gasteiger partial charge on any atom is 0.0706 e. The van der Waals surface area contributed by atoms with Crippen molar-refractivity contribution in [2.45, 2.75) is 25.2 Å². The second-order valence-corrected chi connectivity index (χ2v) is 7.80. The lowest BCUT2D eigenvalue weighted by atomic mass is 9.64. The number of hydrogen-bond donors (Lipinski definition) is 0. The van der Waals surface area contributed by atoms with E-state index in [-0.39, 0.29) is 5.41 Å². The molecule has 0 amide bonds. The number of rotatable bonds is 2. The second-order valence-electron chi connectivity index (χ2n) is 7.80. The first-order chi connectivity index (χ1) is 13.8. The zero-order valence-electron chi connectivity index (χ0n) is 16.2. The van der Waals surface area contributed by atoms with Crippen molar-refractivity contribution in [3.8, 4) is 0 Å². The molecule has 0 radical (unpaired) electrons. The highest BCUT2D eigenvalue weighted by molar-refractivity contribution is 5.64. The Morgan fingerprint density at radius 3 is 1.54 bits per heavy atom. The molecule has 0 aromatic heterocycles. The van der Waals surface area contributed by atoms with Gasteiger partial charge in [-0.3, -0.25) is 0 Å². The number of benzene rings is 4. The zero-order chi connectivity index (χ0) is 19.0. The normalized spacial score (nSPS) is 14.6. The average molecular weight is 361 g/mol. The smallest absolute Gasteiger partial charge is 0.0622 e. The summed E-state index contributed by atoms with van der Waals surface area (Å²) in [6.45, 7) is 2.16. The fraction of sp³-hybridized carbons (Fsp3) is 0.143. The summed E-state index contributed by atoms with van der Waals surface area (Å²) in [7, 11) is 0. The van der Waals surface area contributed by atoms with E-state index in [1.165, 1.54) is 38.9 Å². The van der Waals surface area contributed by atoms with Crippen LogP contribution < -0.4 is 0 Å². The molecule has 0 spiro atoms. The van der Waals surface area contributed by atoms with Crippen molar-refractivity contribution in [1.82, 2.24) is 0 Å². The van der Waals surface area contributed by atoms with Crippen LogP contribution >= 0.6 is 0 Å². The monoisotopic (exact) mass is 360 g/mol. The lowest BCUT2D eigenvalue weighted by molar-refractivity contribution is 0.739. The standard InChI is InChI=1S/C28H24/c1-21-15-19-25(20-16-21)28(24-11-3-2-4-12-24)26-13-7-5-9-22(26)17-18-23-10-6-8-14-27(23)28/h2-16,19-20H,17-18H2,1H3. The van der Waals surface area contributed by atoms with Gasteiger partial charge in [-0.1, -0.05) is 109 Å². The minimum Gasteiger partial charge on any atom is -0.0622 e. The van der Waals surface area contributed by atoms with Crippen LogP contribution in [0.3, 0.4) is 0 Å². The second kappa shape index (κ2) is 6.80. The zero-order valence-corrected chi connectivity index (χ0v) is 16.2. The van der Waals surface area contributed by atoms with Gasteiger partial charge in [0.1, 0.15) is 0 Å². The molecule has 0 saturated carbocycles. The van der Waals surface area contributed by atoms with Gasteiger partial charge in [0.15, 0.2) is 0 Å². The Kier molecular flexibility index (Phi) is 4.13. The van der Waals surface area contributed by atoms with Crippen molar-refractivity contribution in [2.24, 2.45) is 0 Å². The van der Waals surface area contributed by atoms with Crippen molar-refractivity contribution in [3.63, 3.8) is 0 Å². The SMILES string of the molecule is Cc1ccc(C2(c3ccccc3)c3ccccc3CCc3ccccc32)cc1. The van der Waals surface area contributed by atoms with Crippen LogP contribution in [0.25, 0.3) is 0 Å². The Morgan fingerprint density at radius 1 is 0.500 bits per heavy atom. The molecule has 0 unspecified atom stereocenters. The maximum atomic E-state index is 2.34. The molecule has 0 saturated heterocycles. The van der Waals surface area contributed by atoms with Gasteiger partial charge in [-0.2, -0.15) is 0 Å². The first-order valence-corrected chi connectivity index (χ1v) is 10.1. The van der Waals surface area contributed by atoms with Crippen molar-refractivity contribution >= 4 is 0 Å². The summed E-state index contributed by atoms with van der Waals surface area (Å²) in [5, 5.41) is 0. The fourth-order valence-corrected chi connectivity index (χ4v) is 4.90. The van der Waals surface area contributed by atoms with E-state index >= 15 is 0 Å². The summed E-state index contributed by atoms with van der Waals surface area (Å²) in [5.41, 5.74) is 9.39. The molecule has 0 heterocycles. The topological polar surface area (TPSA) is 0 Å². The predicted octanol–water partition coefficient (Wildman–Crippen LogP) is 6.48. The summed E-state index contributed by atoms with van der Waals surface area (Å²) in [6.07, 6.45) is 2.15. The van der Waals surface area contributed by atoms with Gasteiger partial charge in [0.05, 0.1) is 5.41 Å². The Balaban J connectivity index is 1.97. The number of aryl methyl sites for hydroxylation is 3. The molecule has 4 aromatic rings. The molecule has 28 heavy (non-hydrogen) atoms. The van der Waals surface area contributed by atoms with Gasteiger partial charge in [0.2, 0.25) is 0 Å². The van der Waals surface area contributed by atoms with Gasteiger partial charge >= 0.3 is 0 Å². The first-order valence-electron chi connectivity index (χ1n) is 10.1. The molecular formula is C28H24. The summed E-state index contributed by atoms with van der Waals surface area (Å²) in [4.78, 5) is 0. The highest BCUT2D eigenvalue weighted by Crippen LogP contribution is 2.49. The highest BCUT2D eigenvalue weighted by Gasteiger charge is 2.42. The van der Waals surface area contributed by atoms with Crippen LogP contribution in [0.2, 0.25) is 0 Å². The van der Waals surface area contributed by atoms with Crippen molar-refractivity contribution < 1.29 is 0 Å². The van der Waals surface area contributed by atoms with Gasteiger partial charge in [-0.25, -0.2) is 0 Å². The fourth-order valence-electron chi connectivity index (χ4n) is 4.90. The Bertz CT molecular complexity index is 1060. The van der Waals surface area contributed by atoms with Crippen molar-refractivity contribution in [2.75, 3.05) is 0 Å². The van der Waals surface area contributed by atoms with E-state index in [4.69, 9.17) is 0 Å². The molecule has 1 aliphatic rings. The average Bonchev–Trinajstić information content (AvgIpc) is 2.90. The van der Waals surface area contributed by atoms with Crippen LogP contribution in [0.4, 0.5) is 0 Å². The number of hydrogen-bond acceptors (Lipinski definition) is 0. The molecular weight excluding hydrogens is 336 g/mol. The molecule has 0 heteroatoms. The summed E-state index contributed by atoms with van der Waals surface area (Å²) in [6, 6.07) is 38.2. The third-order valence-corrected chi connectivity index (χ3v) is 6.20. The van der Waals surface area contributed by atoms with Crippen LogP contribution in [0, 0.1) is 6.92 Å². The van der Waals surface area contributed by atoms with Gasteiger partial charge < -0.3 is 0 Å².